The van der Waals surface area contributed by atoms with Crippen LogP contribution in [-0.4, -0.2) is 34.7 Å². The van der Waals surface area contributed by atoms with Gasteiger partial charge in [0.15, 0.2) is 0 Å². The number of fused-ring (bicyclic) bond motifs is 1. The first-order chi connectivity index (χ1) is 9.06. The fourth-order valence-corrected chi connectivity index (χ4v) is 3.16. The largest absolute Gasteiger partial charge is 0.489 e. The van der Waals surface area contributed by atoms with Crippen molar-refractivity contribution < 1.29 is 14.6 Å². The van der Waals surface area contributed by atoms with Gasteiger partial charge in [-0.3, -0.25) is 4.79 Å². The zero-order valence-electron chi connectivity index (χ0n) is 10.3. The molecule has 1 aliphatic rings. The number of hydrogen-bond donors (Lipinski definition) is 2. The monoisotopic (exact) mass is 301 g/mol. The van der Waals surface area contributed by atoms with Gasteiger partial charge in [-0.1, -0.05) is 11.6 Å². The van der Waals surface area contributed by atoms with E-state index in [1.807, 2.05) is 18.2 Å². The Hall–Kier alpha value is -0.910. The SMILES string of the molecule is NC(CCSCC1Cc2cc(Cl)ccc2O1)C(=O)O. The van der Waals surface area contributed by atoms with E-state index in [4.69, 9.17) is 27.2 Å². The van der Waals surface area contributed by atoms with E-state index in [1.54, 1.807) is 11.8 Å². The minimum atomic E-state index is -0.945. The third kappa shape index (κ3) is 4.03. The Balaban J connectivity index is 1.71. The molecule has 3 N–H and O–H groups in total. The van der Waals surface area contributed by atoms with E-state index < -0.39 is 12.0 Å². The van der Waals surface area contributed by atoms with Crippen LogP contribution in [0.1, 0.15) is 12.0 Å². The van der Waals surface area contributed by atoms with Crippen molar-refractivity contribution in [1.82, 2.24) is 0 Å². The molecule has 6 heteroatoms. The fourth-order valence-electron chi connectivity index (χ4n) is 1.93. The quantitative estimate of drug-likeness (QED) is 0.788. The normalized spacial score (nSPS) is 18.7. The summed E-state index contributed by atoms with van der Waals surface area (Å²) < 4.78 is 5.79. The van der Waals surface area contributed by atoms with Crippen LogP contribution >= 0.6 is 23.4 Å². The summed E-state index contributed by atoms with van der Waals surface area (Å²) in [7, 11) is 0. The predicted molar refractivity (Wildman–Crippen MR) is 77.1 cm³/mol. The van der Waals surface area contributed by atoms with Crippen molar-refractivity contribution in [3.8, 4) is 5.75 Å². The van der Waals surface area contributed by atoms with Gasteiger partial charge in [0, 0.05) is 17.2 Å². The van der Waals surface area contributed by atoms with Crippen molar-refractivity contribution >= 4 is 29.3 Å². The second-order valence-electron chi connectivity index (χ2n) is 4.50. The molecule has 0 aromatic heterocycles. The van der Waals surface area contributed by atoms with E-state index in [0.717, 1.165) is 34.3 Å². The molecule has 0 radical (unpaired) electrons. The molecule has 4 nitrogen and oxygen atoms in total. The van der Waals surface area contributed by atoms with E-state index in [9.17, 15) is 4.79 Å². The first-order valence-corrected chi connectivity index (χ1v) is 7.60. The highest BCUT2D eigenvalue weighted by Gasteiger charge is 2.23. The molecule has 1 heterocycles. The summed E-state index contributed by atoms with van der Waals surface area (Å²) >= 11 is 7.60. The Bertz CT molecular complexity index is 469. The molecule has 1 aliphatic heterocycles. The Morgan fingerprint density at radius 1 is 1.63 bits per heavy atom. The van der Waals surface area contributed by atoms with Crippen LogP contribution in [-0.2, 0) is 11.2 Å². The molecular formula is C13H16ClNO3S. The van der Waals surface area contributed by atoms with Gasteiger partial charge >= 0.3 is 5.97 Å². The first kappa shape index (κ1) is 14.5. The van der Waals surface area contributed by atoms with Crippen LogP contribution in [0.4, 0.5) is 0 Å². The fraction of sp³-hybridized carbons (Fsp3) is 0.462. The van der Waals surface area contributed by atoms with Crippen molar-refractivity contribution in [3.05, 3.63) is 28.8 Å². The van der Waals surface area contributed by atoms with Gasteiger partial charge in [-0.15, -0.1) is 0 Å². The summed E-state index contributed by atoms with van der Waals surface area (Å²) in [5.74, 6) is 1.51. The summed E-state index contributed by atoms with van der Waals surface area (Å²) in [5.41, 5.74) is 6.58. The number of rotatable bonds is 6. The minimum absolute atomic E-state index is 0.138. The molecule has 0 spiro atoms. The molecular weight excluding hydrogens is 286 g/mol. The second kappa shape index (κ2) is 6.50. The molecule has 1 aromatic rings. The number of ether oxygens (including phenoxy) is 1. The first-order valence-electron chi connectivity index (χ1n) is 6.07. The molecule has 0 amide bonds. The smallest absolute Gasteiger partial charge is 0.320 e. The van der Waals surface area contributed by atoms with Crippen LogP contribution in [0.25, 0.3) is 0 Å². The van der Waals surface area contributed by atoms with Crippen molar-refractivity contribution in [3.63, 3.8) is 0 Å². The number of aliphatic carboxylic acids is 1. The maximum atomic E-state index is 10.6. The van der Waals surface area contributed by atoms with E-state index >= 15 is 0 Å². The van der Waals surface area contributed by atoms with Crippen LogP contribution in [0.2, 0.25) is 5.02 Å². The number of nitrogens with two attached hydrogens (primary N) is 1. The van der Waals surface area contributed by atoms with Crippen molar-refractivity contribution in [1.29, 1.82) is 0 Å². The van der Waals surface area contributed by atoms with E-state index in [0.29, 0.717) is 6.42 Å². The highest BCUT2D eigenvalue weighted by atomic mass is 35.5. The topological polar surface area (TPSA) is 72.5 Å². The van der Waals surface area contributed by atoms with E-state index in [-0.39, 0.29) is 6.10 Å². The molecule has 19 heavy (non-hydrogen) atoms. The summed E-state index contributed by atoms with van der Waals surface area (Å²) in [6.07, 6.45) is 1.47. The Kier molecular flexibility index (Phi) is 4.96. The zero-order chi connectivity index (χ0) is 13.8. The maximum Gasteiger partial charge on any atom is 0.320 e. The average molecular weight is 302 g/mol. The number of carbonyl (C=O) groups is 1. The van der Waals surface area contributed by atoms with Crippen molar-refractivity contribution in [2.24, 2.45) is 5.73 Å². The summed E-state index contributed by atoms with van der Waals surface area (Å²) in [5, 5.41) is 9.39. The van der Waals surface area contributed by atoms with Gasteiger partial charge in [-0.2, -0.15) is 11.8 Å². The van der Waals surface area contributed by atoms with E-state index in [1.165, 1.54) is 0 Å². The lowest BCUT2D eigenvalue weighted by molar-refractivity contribution is -0.138. The van der Waals surface area contributed by atoms with Gasteiger partial charge in [0.25, 0.3) is 0 Å². The summed E-state index contributed by atoms with van der Waals surface area (Å²) in [6.45, 7) is 0. The zero-order valence-corrected chi connectivity index (χ0v) is 11.9. The van der Waals surface area contributed by atoms with Crippen LogP contribution in [0.5, 0.6) is 5.75 Å². The van der Waals surface area contributed by atoms with Crippen molar-refractivity contribution in [2.75, 3.05) is 11.5 Å². The van der Waals surface area contributed by atoms with Gasteiger partial charge in [-0.05, 0) is 35.9 Å². The number of halogens is 1. The molecule has 1 aromatic carbocycles. The average Bonchev–Trinajstić information content (AvgIpc) is 2.75. The van der Waals surface area contributed by atoms with Gasteiger partial charge in [0.1, 0.15) is 17.9 Å². The number of thioether (sulfide) groups is 1. The van der Waals surface area contributed by atoms with Crippen LogP contribution < -0.4 is 10.5 Å². The summed E-state index contributed by atoms with van der Waals surface area (Å²) in [4.78, 5) is 10.6. The Labute approximate surface area is 121 Å². The third-order valence-corrected chi connectivity index (χ3v) is 4.32. The third-order valence-electron chi connectivity index (χ3n) is 2.96. The standard InChI is InChI=1S/C13H16ClNO3S/c14-9-1-2-12-8(5-9)6-10(18-12)7-19-4-3-11(15)13(16)17/h1-2,5,10-11H,3-4,6-7,15H2,(H,16,17). The van der Waals surface area contributed by atoms with Gasteiger partial charge in [0.2, 0.25) is 0 Å². The lowest BCUT2D eigenvalue weighted by Gasteiger charge is -2.11. The highest BCUT2D eigenvalue weighted by molar-refractivity contribution is 7.99. The molecule has 0 saturated carbocycles. The van der Waals surface area contributed by atoms with Gasteiger partial charge < -0.3 is 15.6 Å². The summed E-state index contributed by atoms with van der Waals surface area (Å²) in [6, 6.07) is 4.87. The number of benzene rings is 1. The molecule has 0 aliphatic carbocycles. The highest BCUT2D eigenvalue weighted by Crippen LogP contribution is 2.32. The Morgan fingerprint density at radius 3 is 3.16 bits per heavy atom. The predicted octanol–water partition coefficient (Wildman–Crippen LogP) is 2.18. The lowest BCUT2D eigenvalue weighted by atomic mass is 10.1. The number of hydrogen-bond acceptors (Lipinski definition) is 4. The second-order valence-corrected chi connectivity index (χ2v) is 6.09. The van der Waals surface area contributed by atoms with Crippen LogP contribution in [0.3, 0.4) is 0 Å². The maximum absolute atomic E-state index is 10.6. The van der Waals surface area contributed by atoms with Crippen LogP contribution in [0.15, 0.2) is 18.2 Å². The molecule has 0 bridgehead atoms. The minimum Gasteiger partial charge on any atom is -0.489 e. The number of carboxylic acids is 1. The molecule has 0 saturated heterocycles. The van der Waals surface area contributed by atoms with E-state index in [2.05, 4.69) is 0 Å². The van der Waals surface area contributed by atoms with Gasteiger partial charge in [0.05, 0.1) is 0 Å². The molecule has 2 rings (SSSR count). The molecule has 2 unspecified atom stereocenters. The molecule has 0 fully saturated rings. The Morgan fingerprint density at radius 2 is 2.42 bits per heavy atom. The van der Waals surface area contributed by atoms with Gasteiger partial charge in [-0.25, -0.2) is 0 Å². The molecule has 104 valence electrons. The van der Waals surface area contributed by atoms with Crippen LogP contribution in [0, 0.1) is 0 Å². The number of carboxylic acid groups (broad SMARTS) is 1. The lowest BCUT2D eigenvalue weighted by Crippen LogP contribution is -2.30. The van der Waals surface area contributed by atoms with Crippen molar-refractivity contribution in [2.45, 2.75) is 25.0 Å². The molecule has 2 atom stereocenters.